The molecule has 0 saturated heterocycles. The second kappa shape index (κ2) is 8.02. The van der Waals surface area contributed by atoms with Gasteiger partial charge in [-0.25, -0.2) is 5.43 Å². The number of anilines is 1. The van der Waals surface area contributed by atoms with E-state index >= 15 is 0 Å². The second-order valence-corrected chi connectivity index (χ2v) is 5.85. The van der Waals surface area contributed by atoms with E-state index in [1.165, 1.54) is 17.4 Å². The molecule has 0 atom stereocenters. The highest BCUT2D eigenvalue weighted by molar-refractivity contribution is 7.12. The number of nitrogens with zero attached hydrogens (tertiary/aromatic N) is 1. The molecule has 2 aromatic rings. The van der Waals surface area contributed by atoms with Crippen LogP contribution in [-0.2, 0) is 4.79 Å². The Morgan fingerprint density at radius 1 is 1.17 bits per heavy atom. The average molecular weight is 344 g/mol. The zero-order chi connectivity index (χ0) is 17.5. The van der Waals surface area contributed by atoms with Crippen LogP contribution in [0.15, 0.2) is 46.9 Å². The summed E-state index contributed by atoms with van der Waals surface area (Å²) in [6.45, 7) is 1.62. The maximum Gasteiger partial charge on any atom is 0.281 e. The maximum absolute atomic E-state index is 12.0. The maximum atomic E-state index is 12.0. The van der Waals surface area contributed by atoms with Crippen LogP contribution in [0.25, 0.3) is 0 Å². The summed E-state index contributed by atoms with van der Waals surface area (Å²) in [4.78, 5) is 35.6. The molecule has 0 saturated carbocycles. The highest BCUT2D eigenvalue weighted by atomic mass is 32.1. The van der Waals surface area contributed by atoms with E-state index in [1.807, 2.05) is 0 Å². The molecule has 124 valence electrons. The lowest BCUT2D eigenvalue weighted by atomic mass is 10.1. The second-order valence-electron chi connectivity index (χ2n) is 4.90. The van der Waals surface area contributed by atoms with E-state index < -0.39 is 5.91 Å². The molecule has 3 amide bonds. The van der Waals surface area contributed by atoms with Gasteiger partial charge in [0, 0.05) is 5.71 Å². The average Bonchev–Trinajstić information content (AvgIpc) is 3.07. The molecule has 8 heteroatoms. The van der Waals surface area contributed by atoms with Crippen LogP contribution < -0.4 is 16.5 Å². The van der Waals surface area contributed by atoms with Crippen LogP contribution >= 0.6 is 11.3 Å². The lowest BCUT2D eigenvalue weighted by Gasteiger charge is -2.08. The Balaban J connectivity index is 1.93. The molecule has 0 aliphatic rings. The van der Waals surface area contributed by atoms with Crippen LogP contribution in [-0.4, -0.2) is 23.4 Å². The molecule has 0 fully saturated rings. The number of nitrogens with two attached hydrogens (primary N) is 1. The van der Waals surface area contributed by atoms with Crippen LogP contribution in [0, 0.1) is 0 Å². The molecule has 1 aromatic carbocycles. The molecule has 7 nitrogen and oxygen atoms in total. The minimum absolute atomic E-state index is 0.0299. The Morgan fingerprint density at radius 3 is 2.58 bits per heavy atom. The van der Waals surface area contributed by atoms with Crippen molar-refractivity contribution in [3.05, 3.63) is 52.2 Å². The molecule has 24 heavy (non-hydrogen) atoms. The fourth-order valence-corrected chi connectivity index (χ4v) is 2.50. The van der Waals surface area contributed by atoms with Gasteiger partial charge in [0.25, 0.3) is 11.8 Å². The van der Waals surface area contributed by atoms with Crippen molar-refractivity contribution in [3.63, 3.8) is 0 Å². The van der Waals surface area contributed by atoms with Crippen molar-refractivity contribution in [2.24, 2.45) is 10.8 Å². The third kappa shape index (κ3) is 4.75. The molecule has 0 aliphatic heterocycles. The summed E-state index contributed by atoms with van der Waals surface area (Å²) in [5.74, 6) is -1.32. The number of nitrogens with one attached hydrogen (secondary N) is 2. The lowest BCUT2D eigenvalue weighted by molar-refractivity contribution is -0.115. The Kier molecular flexibility index (Phi) is 5.80. The fraction of sp³-hybridized carbons (Fsp3) is 0.125. The number of carbonyl (C=O) groups excluding carboxylic acids is 3. The summed E-state index contributed by atoms with van der Waals surface area (Å²) in [6.07, 6.45) is -0.0299. The van der Waals surface area contributed by atoms with Gasteiger partial charge in [0.15, 0.2) is 0 Å². The number of benzene rings is 1. The van der Waals surface area contributed by atoms with Crippen molar-refractivity contribution < 1.29 is 14.4 Å². The summed E-state index contributed by atoms with van der Waals surface area (Å²) in [5.41, 5.74) is 8.64. The topological polar surface area (TPSA) is 114 Å². The molecule has 0 spiro atoms. The summed E-state index contributed by atoms with van der Waals surface area (Å²) >= 11 is 1.30. The summed E-state index contributed by atoms with van der Waals surface area (Å²) in [5, 5.41) is 8.28. The molecule has 0 bridgehead atoms. The number of carbonyl (C=O) groups is 3. The standard InChI is InChI=1S/C16H16N4O3S/c1-10(19-20-16(23)13-7-4-8-24-13)9-14(21)18-12-6-3-2-5-11(12)15(17)22/h2-8H,9H2,1H3,(H2,17,22)(H,18,21)(H,20,23). The minimum atomic E-state index is -0.625. The van der Waals surface area contributed by atoms with Gasteiger partial charge in [-0.3, -0.25) is 14.4 Å². The van der Waals surface area contributed by atoms with E-state index in [1.54, 1.807) is 42.6 Å². The van der Waals surface area contributed by atoms with Gasteiger partial charge in [-0.1, -0.05) is 18.2 Å². The van der Waals surface area contributed by atoms with Crippen molar-refractivity contribution in [2.45, 2.75) is 13.3 Å². The van der Waals surface area contributed by atoms with Gasteiger partial charge in [0.1, 0.15) is 0 Å². The number of thiophene rings is 1. The number of hydrogen-bond donors (Lipinski definition) is 3. The predicted octanol–water partition coefficient (Wildman–Crippen LogP) is 1.98. The van der Waals surface area contributed by atoms with E-state index in [-0.39, 0.29) is 23.8 Å². The Bertz CT molecular complexity index is 784. The van der Waals surface area contributed by atoms with Crippen molar-refractivity contribution in [1.82, 2.24) is 5.43 Å². The molecule has 1 heterocycles. The van der Waals surface area contributed by atoms with Gasteiger partial charge in [-0.05, 0) is 30.5 Å². The third-order valence-corrected chi connectivity index (χ3v) is 3.84. The normalized spacial score (nSPS) is 11.0. The van der Waals surface area contributed by atoms with Crippen LogP contribution in [0.1, 0.15) is 33.4 Å². The number of hydrazone groups is 1. The predicted molar refractivity (Wildman–Crippen MR) is 93.1 cm³/mol. The first kappa shape index (κ1) is 17.4. The number of primary amides is 1. The van der Waals surface area contributed by atoms with E-state index in [0.717, 1.165) is 0 Å². The first-order valence-corrected chi connectivity index (χ1v) is 7.91. The SMILES string of the molecule is CC(CC(=O)Nc1ccccc1C(N)=O)=NNC(=O)c1cccs1. The molecule has 0 aliphatic carbocycles. The molecule has 0 unspecified atom stereocenters. The number of rotatable bonds is 6. The fourth-order valence-electron chi connectivity index (χ4n) is 1.88. The van der Waals surface area contributed by atoms with Crippen LogP contribution in [0.5, 0.6) is 0 Å². The van der Waals surface area contributed by atoms with E-state index in [0.29, 0.717) is 16.3 Å². The third-order valence-electron chi connectivity index (χ3n) is 2.98. The highest BCUT2D eigenvalue weighted by Gasteiger charge is 2.11. The first-order valence-electron chi connectivity index (χ1n) is 7.03. The first-order chi connectivity index (χ1) is 11.5. The zero-order valence-corrected chi connectivity index (χ0v) is 13.7. The minimum Gasteiger partial charge on any atom is -0.366 e. The molecule has 1 aromatic heterocycles. The Morgan fingerprint density at radius 2 is 1.92 bits per heavy atom. The molecule has 2 rings (SSSR count). The zero-order valence-electron chi connectivity index (χ0n) is 12.9. The monoisotopic (exact) mass is 344 g/mol. The van der Waals surface area contributed by atoms with Gasteiger partial charge in [0.05, 0.1) is 22.5 Å². The van der Waals surface area contributed by atoms with Crippen LogP contribution in [0.4, 0.5) is 5.69 Å². The van der Waals surface area contributed by atoms with Crippen molar-refractivity contribution in [2.75, 3.05) is 5.32 Å². The quantitative estimate of drug-likeness (QED) is 0.550. The largest absolute Gasteiger partial charge is 0.366 e. The van der Waals surface area contributed by atoms with Gasteiger partial charge in [-0.15, -0.1) is 11.3 Å². The highest BCUT2D eigenvalue weighted by Crippen LogP contribution is 2.14. The van der Waals surface area contributed by atoms with Crippen molar-refractivity contribution >= 4 is 40.5 Å². The Labute approximate surface area is 142 Å². The number of para-hydroxylation sites is 1. The molecule has 4 N–H and O–H groups in total. The van der Waals surface area contributed by atoms with Crippen LogP contribution in [0.3, 0.4) is 0 Å². The van der Waals surface area contributed by atoms with E-state index in [2.05, 4.69) is 15.8 Å². The van der Waals surface area contributed by atoms with E-state index in [9.17, 15) is 14.4 Å². The van der Waals surface area contributed by atoms with Gasteiger partial charge in [-0.2, -0.15) is 5.10 Å². The van der Waals surface area contributed by atoms with Gasteiger partial charge >= 0.3 is 0 Å². The summed E-state index contributed by atoms with van der Waals surface area (Å²) in [6, 6.07) is 9.90. The van der Waals surface area contributed by atoms with Crippen LogP contribution in [0.2, 0.25) is 0 Å². The number of hydrogen-bond acceptors (Lipinski definition) is 5. The molecular weight excluding hydrogens is 328 g/mol. The van der Waals surface area contributed by atoms with E-state index in [4.69, 9.17) is 5.73 Å². The van der Waals surface area contributed by atoms with Gasteiger partial charge in [0.2, 0.25) is 5.91 Å². The van der Waals surface area contributed by atoms with Crippen molar-refractivity contribution in [1.29, 1.82) is 0 Å². The summed E-state index contributed by atoms with van der Waals surface area (Å²) < 4.78 is 0. The smallest absolute Gasteiger partial charge is 0.281 e. The number of amides is 3. The summed E-state index contributed by atoms with van der Waals surface area (Å²) in [7, 11) is 0. The molecule has 0 radical (unpaired) electrons. The van der Waals surface area contributed by atoms with Gasteiger partial charge < -0.3 is 11.1 Å². The Hall–Kier alpha value is -3.00. The van der Waals surface area contributed by atoms with Crippen molar-refractivity contribution in [3.8, 4) is 0 Å². The molecular formula is C16H16N4O3S. The lowest BCUT2D eigenvalue weighted by Crippen LogP contribution is -2.22.